The molecule has 0 heterocycles. The first-order chi connectivity index (χ1) is 7.70. The van der Waals surface area contributed by atoms with E-state index in [0.717, 1.165) is 17.3 Å². The van der Waals surface area contributed by atoms with E-state index in [4.69, 9.17) is 0 Å². The van der Waals surface area contributed by atoms with Gasteiger partial charge in [-0.25, -0.2) is 0 Å². The van der Waals surface area contributed by atoms with Crippen molar-refractivity contribution in [3.8, 4) is 6.07 Å². The topological polar surface area (TPSA) is 23.8 Å². The molecule has 1 aromatic carbocycles. The average molecular weight is 276 g/mol. The molecule has 3 rings (SSSR count). The summed E-state index contributed by atoms with van der Waals surface area (Å²) < 4.78 is 1.09. The van der Waals surface area contributed by atoms with Gasteiger partial charge in [-0.2, -0.15) is 5.26 Å². The molecule has 0 unspecified atom stereocenters. The van der Waals surface area contributed by atoms with Gasteiger partial charge in [-0.15, -0.1) is 0 Å². The molecule has 1 aromatic rings. The molecule has 0 aromatic heterocycles. The van der Waals surface area contributed by atoms with Crippen LogP contribution in [0, 0.1) is 16.7 Å². The van der Waals surface area contributed by atoms with E-state index in [9.17, 15) is 5.26 Å². The average Bonchev–Trinajstić information content (AvgIpc) is 2.17. The first-order valence-electron chi connectivity index (χ1n) is 5.86. The molecule has 0 N–H and O–H groups in total. The van der Waals surface area contributed by atoms with Gasteiger partial charge in [-0.05, 0) is 42.7 Å². The number of hydrogen-bond donors (Lipinski definition) is 0. The highest BCUT2D eigenvalue weighted by Crippen LogP contribution is 2.65. The fourth-order valence-corrected chi connectivity index (χ4v) is 4.10. The van der Waals surface area contributed by atoms with Crippen LogP contribution in [0.4, 0.5) is 0 Å². The van der Waals surface area contributed by atoms with E-state index in [1.54, 1.807) is 0 Å². The largest absolute Gasteiger partial charge is 0.197 e. The first-order valence-corrected chi connectivity index (χ1v) is 6.65. The van der Waals surface area contributed by atoms with E-state index in [1.807, 2.05) is 18.2 Å². The smallest absolute Gasteiger partial charge is 0.0843 e. The van der Waals surface area contributed by atoms with Gasteiger partial charge in [-0.1, -0.05) is 40.5 Å². The van der Waals surface area contributed by atoms with Crippen LogP contribution < -0.4 is 0 Å². The van der Waals surface area contributed by atoms with Crippen LogP contribution in [0.25, 0.3) is 0 Å². The number of hydrogen-bond acceptors (Lipinski definition) is 1. The van der Waals surface area contributed by atoms with Crippen LogP contribution in [0.2, 0.25) is 0 Å². The zero-order valence-electron chi connectivity index (χ0n) is 9.17. The summed E-state index contributed by atoms with van der Waals surface area (Å²) in [4.78, 5) is 0. The molecule has 0 saturated heterocycles. The molecule has 2 heteroatoms. The van der Waals surface area contributed by atoms with Gasteiger partial charge in [0.2, 0.25) is 0 Å². The molecule has 0 aliphatic heterocycles. The second-order valence-corrected chi connectivity index (χ2v) is 6.24. The molecule has 2 saturated carbocycles. The maximum absolute atomic E-state index is 9.50. The molecule has 2 fully saturated rings. The van der Waals surface area contributed by atoms with Crippen LogP contribution in [0.1, 0.15) is 37.7 Å². The SMILES string of the molecule is N#CC1(c2ccccc2Br)CC2(CCC2)C1. The predicted octanol–water partition coefficient (Wildman–Crippen LogP) is 4.17. The normalized spacial score (nSPS) is 24.2. The Bertz CT molecular complexity index is 460. The molecule has 1 nitrogen and oxygen atoms in total. The molecule has 1 spiro atoms. The lowest BCUT2D eigenvalue weighted by Gasteiger charge is -2.58. The summed E-state index contributed by atoms with van der Waals surface area (Å²) >= 11 is 3.57. The number of benzene rings is 1. The molecular formula is C14H14BrN. The minimum absolute atomic E-state index is 0.208. The summed E-state index contributed by atoms with van der Waals surface area (Å²) in [5.74, 6) is 0. The number of nitriles is 1. The maximum Gasteiger partial charge on any atom is 0.0843 e. The third kappa shape index (κ3) is 1.28. The highest BCUT2D eigenvalue weighted by molar-refractivity contribution is 9.10. The molecule has 2 aliphatic carbocycles. The third-order valence-corrected chi connectivity index (χ3v) is 5.06. The van der Waals surface area contributed by atoms with E-state index in [-0.39, 0.29) is 5.41 Å². The Morgan fingerprint density at radius 3 is 2.38 bits per heavy atom. The zero-order valence-corrected chi connectivity index (χ0v) is 10.8. The molecule has 0 atom stereocenters. The number of halogens is 1. The highest BCUT2D eigenvalue weighted by atomic mass is 79.9. The minimum Gasteiger partial charge on any atom is -0.197 e. The second-order valence-electron chi connectivity index (χ2n) is 5.38. The Kier molecular flexibility index (Phi) is 2.16. The molecule has 2 aliphatic rings. The Morgan fingerprint density at radius 1 is 1.19 bits per heavy atom. The molecule has 0 amide bonds. The van der Waals surface area contributed by atoms with Crippen molar-refractivity contribution in [2.75, 3.05) is 0 Å². The van der Waals surface area contributed by atoms with Crippen molar-refractivity contribution >= 4 is 15.9 Å². The van der Waals surface area contributed by atoms with Gasteiger partial charge in [0.15, 0.2) is 0 Å². The van der Waals surface area contributed by atoms with Crippen molar-refractivity contribution in [3.05, 3.63) is 34.3 Å². The zero-order chi connectivity index (χ0) is 11.2. The minimum atomic E-state index is -0.208. The van der Waals surface area contributed by atoms with Gasteiger partial charge in [0.25, 0.3) is 0 Å². The Morgan fingerprint density at radius 2 is 1.88 bits per heavy atom. The summed E-state index contributed by atoms with van der Waals surface area (Å²) in [6.07, 6.45) is 6.16. The maximum atomic E-state index is 9.50. The van der Waals surface area contributed by atoms with Gasteiger partial charge in [0.05, 0.1) is 11.5 Å². The van der Waals surface area contributed by atoms with Crippen LogP contribution >= 0.6 is 15.9 Å². The summed E-state index contributed by atoms with van der Waals surface area (Å²) in [7, 11) is 0. The van der Waals surface area contributed by atoms with Crippen LogP contribution in [-0.2, 0) is 5.41 Å². The van der Waals surface area contributed by atoms with Gasteiger partial charge in [0, 0.05) is 4.47 Å². The fourth-order valence-electron chi connectivity index (χ4n) is 3.44. The van der Waals surface area contributed by atoms with Crippen molar-refractivity contribution in [2.45, 2.75) is 37.5 Å². The highest BCUT2D eigenvalue weighted by Gasteiger charge is 2.58. The Labute approximate surface area is 105 Å². The number of nitrogens with zero attached hydrogens (tertiary/aromatic N) is 1. The van der Waals surface area contributed by atoms with Crippen molar-refractivity contribution < 1.29 is 0 Å². The third-order valence-electron chi connectivity index (χ3n) is 4.37. The van der Waals surface area contributed by atoms with E-state index in [2.05, 4.69) is 28.1 Å². The summed E-state index contributed by atoms with van der Waals surface area (Å²) in [5.41, 5.74) is 1.51. The fraction of sp³-hybridized carbons (Fsp3) is 0.500. The van der Waals surface area contributed by atoms with Gasteiger partial charge >= 0.3 is 0 Å². The standard InChI is InChI=1S/C14H14BrN/c15-12-5-2-1-4-11(12)14(10-16)8-13(9-14)6-3-7-13/h1-2,4-5H,3,6-9H2. The van der Waals surface area contributed by atoms with Gasteiger partial charge in [0.1, 0.15) is 0 Å². The van der Waals surface area contributed by atoms with Gasteiger partial charge < -0.3 is 0 Å². The molecule has 0 radical (unpaired) electrons. The lowest BCUT2D eigenvalue weighted by atomic mass is 9.44. The lowest BCUT2D eigenvalue weighted by Crippen LogP contribution is -2.52. The second kappa shape index (κ2) is 3.34. The Balaban J connectivity index is 1.94. The van der Waals surface area contributed by atoms with Crippen LogP contribution in [0.3, 0.4) is 0 Å². The van der Waals surface area contributed by atoms with E-state index < -0.39 is 0 Å². The van der Waals surface area contributed by atoms with E-state index >= 15 is 0 Å². The van der Waals surface area contributed by atoms with Crippen molar-refractivity contribution in [1.29, 1.82) is 5.26 Å². The summed E-state index contributed by atoms with van der Waals surface area (Å²) in [6, 6.07) is 10.7. The van der Waals surface area contributed by atoms with Crippen molar-refractivity contribution in [3.63, 3.8) is 0 Å². The number of rotatable bonds is 1. The molecule has 82 valence electrons. The van der Waals surface area contributed by atoms with Crippen LogP contribution in [-0.4, -0.2) is 0 Å². The van der Waals surface area contributed by atoms with E-state index in [0.29, 0.717) is 5.41 Å². The van der Waals surface area contributed by atoms with Gasteiger partial charge in [-0.3, -0.25) is 0 Å². The lowest BCUT2D eigenvalue weighted by molar-refractivity contribution is -0.0229. The Hall–Kier alpha value is -0.810. The molecule has 0 bridgehead atoms. The quantitative estimate of drug-likeness (QED) is 0.755. The monoisotopic (exact) mass is 275 g/mol. The summed E-state index contributed by atoms with van der Waals surface area (Å²) in [6.45, 7) is 0. The molecular weight excluding hydrogens is 262 g/mol. The van der Waals surface area contributed by atoms with Crippen molar-refractivity contribution in [1.82, 2.24) is 0 Å². The summed E-state index contributed by atoms with van der Waals surface area (Å²) in [5, 5.41) is 9.50. The van der Waals surface area contributed by atoms with Crippen molar-refractivity contribution in [2.24, 2.45) is 5.41 Å². The van der Waals surface area contributed by atoms with Crippen LogP contribution in [0.15, 0.2) is 28.7 Å². The molecule has 16 heavy (non-hydrogen) atoms. The first kappa shape index (κ1) is 10.4. The van der Waals surface area contributed by atoms with E-state index in [1.165, 1.54) is 24.8 Å². The van der Waals surface area contributed by atoms with Crippen LogP contribution in [0.5, 0.6) is 0 Å². The predicted molar refractivity (Wildman–Crippen MR) is 67.0 cm³/mol.